The Morgan fingerprint density at radius 2 is 1.84 bits per heavy atom. The average Bonchev–Trinajstić information content (AvgIpc) is 3.00. The number of benzene rings is 2. The fourth-order valence-electron chi connectivity index (χ4n) is 3.48. The molecule has 1 heterocycles. The van der Waals surface area contributed by atoms with E-state index in [1.807, 2.05) is 35.9 Å². The molecule has 4 heteroatoms. The van der Waals surface area contributed by atoms with Gasteiger partial charge in [-0.1, -0.05) is 37.3 Å². The average molecular weight is 335 g/mol. The van der Waals surface area contributed by atoms with E-state index in [2.05, 4.69) is 37.7 Å². The fraction of sp³-hybridized carbons (Fsp3) is 0.333. The predicted octanol–water partition coefficient (Wildman–Crippen LogP) is 4.92. The van der Waals surface area contributed by atoms with Gasteiger partial charge in [0.15, 0.2) is 0 Å². The van der Waals surface area contributed by atoms with Gasteiger partial charge in [-0.2, -0.15) is 0 Å². The lowest BCUT2D eigenvalue weighted by Crippen LogP contribution is -2.09. The Labute approximate surface area is 148 Å². The fourth-order valence-corrected chi connectivity index (χ4v) is 3.48. The van der Waals surface area contributed by atoms with Gasteiger partial charge in [0, 0.05) is 5.56 Å². The standard InChI is InChI=1S/C21H25N3O/c1-6-9-13(2)20-16(5)17(14(3)15(4)21(20)25)12-24-19-11-8-7-10-18(19)22-23-24/h7-8,10-11,25H,2,6,9,12H2,1,3-5H3. The largest absolute Gasteiger partial charge is 0.507 e. The summed E-state index contributed by atoms with van der Waals surface area (Å²) in [5.41, 5.74) is 8.07. The minimum Gasteiger partial charge on any atom is -0.507 e. The second-order valence-corrected chi connectivity index (χ2v) is 6.67. The van der Waals surface area contributed by atoms with Crippen LogP contribution in [-0.4, -0.2) is 20.1 Å². The summed E-state index contributed by atoms with van der Waals surface area (Å²) in [5, 5.41) is 19.2. The van der Waals surface area contributed by atoms with Gasteiger partial charge in [-0.05, 0) is 67.2 Å². The molecule has 0 spiro atoms. The molecule has 0 radical (unpaired) electrons. The molecule has 0 aliphatic heterocycles. The smallest absolute Gasteiger partial charge is 0.126 e. The molecule has 0 fully saturated rings. The summed E-state index contributed by atoms with van der Waals surface area (Å²) in [7, 11) is 0. The monoisotopic (exact) mass is 335 g/mol. The van der Waals surface area contributed by atoms with E-state index in [1.54, 1.807) is 0 Å². The summed E-state index contributed by atoms with van der Waals surface area (Å²) in [6, 6.07) is 7.97. The number of hydrogen-bond acceptors (Lipinski definition) is 3. The zero-order valence-electron chi connectivity index (χ0n) is 15.4. The Balaban J connectivity index is 2.14. The van der Waals surface area contributed by atoms with E-state index in [1.165, 1.54) is 5.56 Å². The van der Waals surface area contributed by atoms with Crippen molar-refractivity contribution in [2.24, 2.45) is 0 Å². The Morgan fingerprint density at radius 3 is 2.56 bits per heavy atom. The van der Waals surface area contributed by atoms with E-state index in [0.717, 1.165) is 51.7 Å². The molecule has 0 aliphatic carbocycles. The van der Waals surface area contributed by atoms with Gasteiger partial charge in [-0.25, -0.2) is 4.68 Å². The number of phenols is 1. The number of phenolic OH excluding ortho intramolecular Hbond substituents is 1. The zero-order valence-corrected chi connectivity index (χ0v) is 15.4. The first-order valence-electron chi connectivity index (χ1n) is 8.73. The quantitative estimate of drug-likeness (QED) is 0.719. The lowest BCUT2D eigenvalue weighted by Gasteiger charge is -2.20. The van der Waals surface area contributed by atoms with Crippen molar-refractivity contribution in [2.75, 3.05) is 0 Å². The summed E-state index contributed by atoms with van der Waals surface area (Å²) in [5.74, 6) is 0.362. The maximum Gasteiger partial charge on any atom is 0.126 e. The molecule has 0 bridgehead atoms. The summed E-state index contributed by atoms with van der Waals surface area (Å²) in [6.07, 6.45) is 1.89. The first-order valence-corrected chi connectivity index (χ1v) is 8.73. The van der Waals surface area contributed by atoms with Crippen molar-refractivity contribution in [1.29, 1.82) is 0 Å². The van der Waals surface area contributed by atoms with Crippen LogP contribution in [0.1, 0.15) is 47.6 Å². The molecule has 0 saturated carbocycles. The van der Waals surface area contributed by atoms with Crippen LogP contribution in [0.5, 0.6) is 5.75 Å². The number of fused-ring (bicyclic) bond motifs is 1. The third kappa shape index (κ3) is 2.93. The second-order valence-electron chi connectivity index (χ2n) is 6.67. The SMILES string of the molecule is C=C(CCC)c1c(C)c(Cn2nnc3ccccc32)c(C)c(C)c1O. The van der Waals surface area contributed by atoms with E-state index < -0.39 is 0 Å². The molecule has 130 valence electrons. The molecule has 1 aromatic heterocycles. The van der Waals surface area contributed by atoms with Crippen molar-refractivity contribution < 1.29 is 5.11 Å². The van der Waals surface area contributed by atoms with Crippen molar-refractivity contribution in [1.82, 2.24) is 15.0 Å². The van der Waals surface area contributed by atoms with Crippen LogP contribution < -0.4 is 0 Å². The van der Waals surface area contributed by atoms with Gasteiger partial charge >= 0.3 is 0 Å². The van der Waals surface area contributed by atoms with Crippen LogP contribution in [0.2, 0.25) is 0 Å². The highest BCUT2D eigenvalue weighted by Crippen LogP contribution is 2.38. The number of rotatable bonds is 5. The molecule has 0 atom stereocenters. The highest BCUT2D eigenvalue weighted by Gasteiger charge is 2.19. The normalized spacial score (nSPS) is 11.2. The summed E-state index contributed by atoms with van der Waals surface area (Å²) < 4.78 is 1.92. The number of hydrogen-bond donors (Lipinski definition) is 1. The van der Waals surface area contributed by atoms with Crippen LogP contribution in [0.25, 0.3) is 16.6 Å². The highest BCUT2D eigenvalue weighted by atomic mass is 16.3. The lowest BCUT2D eigenvalue weighted by molar-refractivity contribution is 0.467. The minimum atomic E-state index is 0.362. The molecule has 4 nitrogen and oxygen atoms in total. The molecular formula is C21H25N3O. The van der Waals surface area contributed by atoms with Crippen LogP contribution >= 0.6 is 0 Å². The molecule has 1 N–H and O–H groups in total. The lowest BCUT2D eigenvalue weighted by atomic mass is 9.88. The minimum absolute atomic E-state index is 0.362. The third-order valence-electron chi connectivity index (χ3n) is 5.07. The zero-order chi connectivity index (χ0) is 18.1. The van der Waals surface area contributed by atoms with Gasteiger partial charge in [0.1, 0.15) is 11.3 Å². The molecule has 0 unspecified atom stereocenters. The van der Waals surface area contributed by atoms with Gasteiger partial charge in [0.25, 0.3) is 0 Å². The summed E-state index contributed by atoms with van der Waals surface area (Å²) in [4.78, 5) is 0. The summed E-state index contributed by atoms with van der Waals surface area (Å²) >= 11 is 0. The summed E-state index contributed by atoms with van der Waals surface area (Å²) in [6.45, 7) is 13.0. The molecule has 3 rings (SSSR count). The van der Waals surface area contributed by atoms with Gasteiger partial charge in [0.05, 0.1) is 12.1 Å². The number of aromatic nitrogens is 3. The van der Waals surface area contributed by atoms with Crippen LogP contribution in [0.3, 0.4) is 0 Å². The maximum absolute atomic E-state index is 10.7. The second kappa shape index (κ2) is 6.71. The highest BCUT2D eigenvalue weighted by molar-refractivity contribution is 5.76. The molecular weight excluding hydrogens is 310 g/mol. The van der Waals surface area contributed by atoms with Crippen molar-refractivity contribution in [2.45, 2.75) is 47.1 Å². The molecule has 2 aromatic carbocycles. The van der Waals surface area contributed by atoms with Crippen LogP contribution in [0.15, 0.2) is 30.8 Å². The number of para-hydroxylation sites is 1. The van der Waals surface area contributed by atoms with Crippen molar-refractivity contribution >= 4 is 16.6 Å². The molecule has 25 heavy (non-hydrogen) atoms. The number of aromatic hydroxyl groups is 1. The first kappa shape index (κ1) is 17.2. The van der Waals surface area contributed by atoms with Gasteiger partial charge in [-0.3, -0.25) is 0 Å². The predicted molar refractivity (Wildman–Crippen MR) is 103 cm³/mol. The van der Waals surface area contributed by atoms with E-state index in [4.69, 9.17) is 0 Å². The molecule has 0 saturated heterocycles. The Bertz CT molecular complexity index is 953. The Morgan fingerprint density at radius 1 is 1.12 bits per heavy atom. The van der Waals surface area contributed by atoms with E-state index in [-0.39, 0.29) is 0 Å². The third-order valence-corrected chi connectivity index (χ3v) is 5.07. The molecule has 3 aromatic rings. The van der Waals surface area contributed by atoms with E-state index in [0.29, 0.717) is 12.3 Å². The van der Waals surface area contributed by atoms with Crippen molar-refractivity contribution in [3.63, 3.8) is 0 Å². The maximum atomic E-state index is 10.7. The van der Waals surface area contributed by atoms with Crippen LogP contribution in [0.4, 0.5) is 0 Å². The van der Waals surface area contributed by atoms with E-state index >= 15 is 0 Å². The van der Waals surface area contributed by atoms with Crippen molar-refractivity contribution in [3.05, 3.63) is 58.7 Å². The Kier molecular flexibility index (Phi) is 4.62. The van der Waals surface area contributed by atoms with Gasteiger partial charge in [0.2, 0.25) is 0 Å². The Hall–Kier alpha value is -2.62. The molecule has 0 aliphatic rings. The number of allylic oxidation sites excluding steroid dienone is 1. The van der Waals surface area contributed by atoms with E-state index in [9.17, 15) is 5.11 Å². The van der Waals surface area contributed by atoms with Crippen molar-refractivity contribution in [3.8, 4) is 5.75 Å². The topological polar surface area (TPSA) is 50.9 Å². The van der Waals surface area contributed by atoms with Gasteiger partial charge < -0.3 is 5.11 Å². The molecule has 0 amide bonds. The first-order chi connectivity index (χ1) is 12.0. The van der Waals surface area contributed by atoms with Gasteiger partial charge in [-0.15, -0.1) is 5.10 Å². The van der Waals surface area contributed by atoms with Crippen LogP contribution in [-0.2, 0) is 6.54 Å². The van der Waals surface area contributed by atoms with Crippen LogP contribution in [0, 0.1) is 20.8 Å². The number of nitrogens with zero attached hydrogens (tertiary/aromatic N) is 3.